The molecule has 50 heavy (non-hydrogen) atoms. The number of nitrogens with zero attached hydrogens (tertiary/aromatic N) is 4. The average molecular weight is 708 g/mol. The first-order chi connectivity index (χ1) is 24.0. The first-order valence-electron chi connectivity index (χ1n) is 16.7. The number of anilines is 2. The highest BCUT2D eigenvalue weighted by Gasteiger charge is 2.32. The minimum absolute atomic E-state index is 0.150. The number of ether oxygens (including phenoxy) is 1. The highest BCUT2D eigenvalue weighted by molar-refractivity contribution is 7.91. The van der Waals surface area contributed by atoms with Crippen LogP contribution in [-0.2, 0) is 22.0 Å². The molecule has 1 amide bonds. The van der Waals surface area contributed by atoms with Crippen LogP contribution in [-0.4, -0.2) is 74.9 Å². The van der Waals surface area contributed by atoms with Crippen molar-refractivity contribution in [2.45, 2.75) is 37.6 Å². The third-order valence-corrected chi connectivity index (χ3v) is 10.5. The van der Waals surface area contributed by atoms with Crippen molar-refractivity contribution in [2.75, 3.05) is 55.4 Å². The molecule has 3 heterocycles. The number of likely N-dealkylation sites (tertiary alicyclic amines) is 1. The number of aromatic nitrogens is 1. The number of benzene rings is 3. The maximum absolute atomic E-state index is 13.8. The summed E-state index contributed by atoms with van der Waals surface area (Å²) >= 11 is 0. The molecule has 0 spiro atoms. The Morgan fingerprint density at radius 1 is 0.880 bits per heavy atom. The highest BCUT2D eigenvalue weighted by atomic mass is 32.2. The van der Waals surface area contributed by atoms with Crippen LogP contribution in [0.15, 0.2) is 91.1 Å². The number of rotatable bonds is 10. The van der Waals surface area contributed by atoms with E-state index < -0.39 is 21.9 Å². The standard InChI is InChI=1S/C37H40F3N5O4S/c1-2-43-20-22-44(23-21-43)34-14-10-30(24-33(34)42-50(47,48)26-27-6-4-3-5-7-27)36(46)45-18-16-29(17-19-45)28-8-11-31(12-9-28)49-32-13-15-35(41-25-32)37(38,39)40/h3-15,24-25,29,42H,2,16-23,26H2,1H3. The van der Waals surface area contributed by atoms with Gasteiger partial charge < -0.3 is 19.4 Å². The van der Waals surface area contributed by atoms with E-state index in [1.807, 2.05) is 29.2 Å². The summed E-state index contributed by atoms with van der Waals surface area (Å²) in [6, 6.07) is 23.8. The number of sulfonamides is 1. The Morgan fingerprint density at radius 3 is 2.18 bits per heavy atom. The number of carbonyl (C=O) groups excluding carboxylic acids is 1. The fourth-order valence-electron chi connectivity index (χ4n) is 6.48. The Balaban J connectivity index is 1.11. The van der Waals surface area contributed by atoms with Gasteiger partial charge in [0.1, 0.15) is 17.2 Å². The Kier molecular flexibility index (Phi) is 10.6. The fourth-order valence-corrected chi connectivity index (χ4v) is 7.68. The molecule has 264 valence electrons. The van der Waals surface area contributed by atoms with Gasteiger partial charge in [0.15, 0.2) is 0 Å². The minimum atomic E-state index is -4.51. The van der Waals surface area contributed by atoms with Crippen molar-refractivity contribution in [3.05, 3.63) is 114 Å². The van der Waals surface area contributed by atoms with Gasteiger partial charge in [0.05, 0.1) is 23.3 Å². The number of hydrogen-bond donors (Lipinski definition) is 1. The minimum Gasteiger partial charge on any atom is -0.456 e. The Morgan fingerprint density at radius 2 is 1.56 bits per heavy atom. The molecule has 0 saturated carbocycles. The Hall–Kier alpha value is -4.62. The lowest BCUT2D eigenvalue weighted by Crippen LogP contribution is -2.46. The van der Waals surface area contributed by atoms with Gasteiger partial charge in [0.2, 0.25) is 10.0 Å². The second kappa shape index (κ2) is 15.1. The second-order valence-corrected chi connectivity index (χ2v) is 14.3. The quantitative estimate of drug-likeness (QED) is 0.190. The lowest BCUT2D eigenvalue weighted by Gasteiger charge is -2.36. The van der Waals surface area contributed by atoms with Crippen LogP contribution in [0.2, 0.25) is 0 Å². The van der Waals surface area contributed by atoms with Gasteiger partial charge in [-0.25, -0.2) is 13.4 Å². The van der Waals surface area contributed by atoms with E-state index in [4.69, 9.17) is 4.74 Å². The molecular weight excluding hydrogens is 667 g/mol. The summed E-state index contributed by atoms with van der Waals surface area (Å²) in [4.78, 5) is 23.5. The van der Waals surface area contributed by atoms with Crippen molar-refractivity contribution in [3.63, 3.8) is 0 Å². The lowest BCUT2D eigenvalue weighted by atomic mass is 9.89. The maximum atomic E-state index is 13.8. The van der Waals surface area contributed by atoms with E-state index in [0.717, 1.165) is 69.1 Å². The number of likely N-dealkylation sites (N-methyl/N-ethyl adjacent to an activating group) is 1. The van der Waals surface area contributed by atoms with E-state index in [1.54, 1.807) is 48.5 Å². The van der Waals surface area contributed by atoms with Crippen molar-refractivity contribution < 1.29 is 31.1 Å². The van der Waals surface area contributed by atoms with Crippen LogP contribution in [0.25, 0.3) is 0 Å². The van der Waals surface area contributed by atoms with E-state index in [1.165, 1.54) is 6.07 Å². The largest absolute Gasteiger partial charge is 0.456 e. The SMILES string of the molecule is CCN1CCN(c2ccc(C(=O)N3CCC(c4ccc(Oc5ccc(C(F)(F)F)nc5)cc4)CC3)cc2NS(=O)(=O)Cc2ccccc2)CC1. The predicted molar refractivity (Wildman–Crippen MR) is 187 cm³/mol. The predicted octanol–water partition coefficient (Wildman–Crippen LogP) is 7.00. The number of hydrogen-bond acceptors (Lipinski definition) is 7. The third kappa shape index (κ3) is 8.75. The molecule has 2 fully saturated rings. The Bertz CT molecular complexity index is 1860. The molecule has 9 nitrogen and oxygen atoms in total. The van der Waals surface area contributed by atoms with Crippen molar-refractivity contribution in [1.82, 2.24) is 14.8 Å². The van der Waals surface area contributed by atoms with Crippen LogP contribution in [0, 0.1) is 0 Å². The molecule has 0 unspecified atom stereocenters. The van der Waals surface area contributed by atoms with Gasteiger partial charge in [-0.2, -0.15) is 13.2 Å². The zero-order valence-corrected chi connectivity index (χ0v) is 28.6. The van der Waals surface area contributed by atoms with Crippen molar-refractivity contribution in [2.24, 2.45) is 0 Å². The van der Waals surface area contributed by atoms with Crippen molar-refractivity contribution in [1.29, 1.82) is 0 Å². The number of piperazine rings is 1. The summed E-state index contributed by atoms with van der Waals surface area (Å²) in [5.74, 6) is 0.571. The smallest absolute Gasteiger partial charge is 0.433 e. The van der Waals surface area contributed by atoms with Crippen LogP contribution < -0.4 is 14.4 Å². The average Bonchev–Trinajstić information content (AvgIpc) is 3.12. The second-order valence-electron chi connectivity index (χ2n) is 12.6. The Labute approximate surface area is 290 Å². The molecule has 0 radical (unpaired) electrons. The van der Waals surface area contributed by atoms with Gasteiger partial charge in [-0.1, -0.05) is 49.4 Å². The molecule has 1 aromatic heterocycles. The molecule has 3 aromatic carbocycles. The van der Waals surface area contributed by atoms with E-state index >= 15 is 0 Å². The molecule has 4 aromatic rings. The summed E-state index contributed by atoms with van der Waals surface area (Å²) in [5, 5.41) is 0. The van der Waals surface area contributed by atoms with E-state index in [2.05, 4.69) is 26.4 Å². The zero-order valence-electron chi connectivity index (χ0n) is 27.8. The number of alkyl halides is 3. The summed E-state index contributed by atoms with van der Waals surface area (Å²) in [6.45, 7) is 7.40. The number of pyridine rings is 1. The molecule has 0 atom stereocenters. The van der Waals surface area contributed by atoms with Crippen LogP contribution in [0.3, 0.4) is 0 Å². The summed E-state index contributed by atoms with van der Waals surface area (Å²) in [7, 11) is -3.76. The van der Waals surface area contributed by atoms with Crippen molar-refractivity contribution in [3.8, 4) is 11.5 Å². The molecule has 2 aliphatic heterocycles. The van der Waals surface area contributed by atoms with E-state index in [0.29, 0.717) is 35.7 Å². The topological polar surface area (TPSA) is 95.1 Å². The molecule has 13 heteroatoms. The van der Waals surface area contributed by atoms with Crippen molar-refractivity contribution >= 4 is 27.3 Å². The first kappa shape index (κ1) is 35.2. The summed E-state index contributed by atoms with van der Waals surface area (Å²) < 4.78 is 73.6. The monoisotopic (exact) mass is 707 g/mol. The molecule has 6 rings (SSSR count). The van der Waals surface area contributed by atoms with Crippen LogP contribution in [0.5, 0.6) is 11.5 Å². The van der Waals surface area contributed by atoms with Gasteiger partial charge in [-0.3, -0.25) is 9.52 Å². The van der Waals surface area contributed by atoms with Crippen LogP contribution in [0.1, 0.15) is 52.9 Å². The maximum Gasteiger partial charge on any atom is 0.433 e. The number of piperidine rings is 1. The zero-order chi connectivity index (χ0) is 35.3. The van der Waals surface area contributed by atoms with Gasteiger partial charge in [-0.15, -0.1) is 0 Å². The number of amides is 1. The number of nitrogens with one attached hydrogen (secondary N) is 1. The fraction of sp³-hybridized carbons (Fsp3) is 0.351. The lowest BCUT2D eigenvalue weighted by molar-refractivity contribution is -0.141. The van der Waals surface area contributed by atoms with Gasteiger partial charge in [0, 0.05) is 44.8 Å². The molecular formula is C37H40F3N5O4S. The summed E-state index contributed by atoms with van der Waals surface area (Å²) in [6.07, 6.45) is -1.98. The summed E-state index contributed by atoms with van der Waals surface area (Å²) in [5.41, 5.74) is 2.36. The van der Waals surface area contributed by atoms with Gasteiger partial charge in [0.25, 0.3) is 5.91 Å². The normalized spacial score (nSPS) is 16.3. The van der Waals surface area contributed by atoms with E-state index in [-0.39, 0.29) is 23.3 Å². The first-order valence-corrected chi connectivity index (χ1v) is 18.4. The molecule has 2 saturated heterocycles. The molecule has 2 aliphatic rings. The number of halogens is 3. The molecule has 0 bridgehead atoms. The highest BCUT2D eigenvalue weighted by Crippen LogP contribution is 2.34. The molecule has 1 N–H and O–H groups in total. The van der Waals surface area contributed by atoms with E-state index in [9.17, 15) is 26.4 Å². The molecule has 0 aliphatic carbocycles. The third-order valence-electron chi connectivity index (χ3n) is 9.26. The van der Waals surface area contributed by atoms with Crippen LogP contribution in [0.4, 0.5) is 24.5 Å². The van der Waals surface area contributed by atoms with Gasteiger partial charge >= 0.3 is 6.18 Å². The van der Waals surface area contributed by atoms with Crippen LogP contribution >= 0.6 is 0 Å². The van der Waals surface area contributed by atoms with Gasteiger partial charge in [-0.05, 0) is 78.9 Å². The number of carbonyl (C=O) groups is 1.